The number of fused-ring (bicyclic) bond motifs is 1. The van der Waals surface area contributed by atoms with Crippen LogP contribution in [0.15, 0.2) is 47.4 Å². The van der Waals surface area contributed by atoms with Gasteiger partial charge in [0.1, 0.15) is 17.8 Å². The molecule has 1 fully saturated rings. The zero-order valence-electron chi connectivity index (χ0n) is 22.3. The summed E-state index contributed by atoms with van der Waals surface area (Å²) in [4.78, 5) is 48.3. The van der Waals surface area contributed by atoms with Crippen molar-refractivity contribution in [2.45, 2.75) is 33.9 Å². The number of carbonyl (C=O) groups is 2. The van der Waals surface area contributed by atoms with Crippen molar-refractivity contribution < 1.29 is 14.3 Å². The largest absolute Gasteiger partial charge is 0.383 e. The van der Waals surface area contributed by atoms with Crippen LogP contribution in [0.1, 0.15) is 36.7 Å². The van der Waals surface area contributed by atoms with Crippen molar-refractivity contribution in [1.29, 1.82) is 0 Å². The first kappa shape index (κ1) is 27.6. The highest BCUT2D eigenvalue weighted by atomic mass is 35.5. The van der Waals surface area contributed by atoms with Crippen molar-refractivity contribution in [3.8, 4) is 0 Å². The second-order valence-electron chi connectivity index (χ2n) is 10.3. The van der Waals surface area contributed by atoms with Crippen LogP contribution in [0.2, 0.25) is 5.02 Å². The minimum atomic E-state index is -0.552. The number of halogens is 1. The number of methoxy groups -OCH3 is 1. The van der Waals surface area contributed by atoms with E-state index in [0.29, 0.717) is 48.8 Å². The molecule has 38 heavy (non-hydrogen) atoms. The Morgan fingerprint density at radius 2 is 1.89 bits per heavy atom. The molecule has 3 heterocycles. The number of aromatic nitrogens is 2. The number of anilines is 1. The molecule has 3 aromatic rings. The summed E-state index contributed by atoms with van der Waals surface area (Å²) in [5.74, 6) is -0.696. The van der Waals surface area contributed by atoms with E-state index < -0.39 is 11.5 Å². The van der Waals surface area contributed by atoms with Crippen LogP contribution >= 0.6 is 11.6 Å². The van der Waals surface area contributed by atoms with E-state index in [0.717, 1.165) is 11.3 Å². The standard InChI is InChI=1S/C28H34ClN5O4/c1-5-32(12-13-38-4)23-10-11-30-25-21(23)14-22(26(36)31-15-19-6-8-20(29)9-7-19)27(37)34(25)16-24(35)33-17-28(2,3)18-33/h6-11,14H,5,12-13,15-18H2,1-4H3,(H,31,36). The third-order valence-electron chi connectivity index (χ3n) is 6.75. The lowest BCUT2D eigenvalue weighted by Gasteiger charge is -2.45. The Morgan fingerprint density at radius 3 is 2.53 bits per heavy atom. The summed E-state index contributed by atoms with van der Waals surface area (Å²) >= 11 is 5.96. The molecule has 2 aromatic heterocycles. The van der Waals surface area contributed by atoms with Crippen molar-refractivity contribution in [1.82, 2.24) is 19.8 Å². The van der Waals surface area contributed by atoms with E-state index in [1.54, 1.807) is 36.4 Å². The molecule has 0 spiro atoms. The van der Waals surface area contributed by atoms with Gasteiger partial charge < -0.3 is 19.9 Å². The number of hydrogen-bond acceptors (Lipinski definition) is 6. The second-order valence-corrected chi connectivity index (χ2v) is 10.7. The maximum Gasteiger partial charge on any atom is 0.265 e. The Kier molecular flexibility index (Phi) is 8.38. The molecule has 1 aliphatic heterocycles. The molecular weight excluding hydrogens is 506 g/mol. The Morgan fingerprint density at radius 1 is 1.18 bits per heavy atom. The van der Waals surface area contributed by atoms with Crippen LogP contribution in [0.3, 0.4) is 0 Å². The van der Waals surface area contributed by atoms with E-state index >= 15 is 0 Å². The highest BCUT2D eigenvalue weighted by Crippen LogP contribution is 2.29. The van der Waals surface area contributed by atoms with Gasteiger partial charge in [0.25, 0.3) is 11.5 Å². The van der Waals surface area contributed by atoms with Crippen LogP contribution in [0.5, 0.6) is 0 Å². The average Bonchev–Trinajstić information content (AvgIpc) is 2.88. The molecule has 202 valence electrons. The first-order valence-corrected chi connectivity index (χ1v) is 13.1. The number of amides is 2. The van der Waals surface area contributed by atoms with Crippen molar-refractivity contribution in [2.24, 2.45) is 5.41 Å². The summed E-state index contributed by atoms with van der Waals surface area (Å²) in [6.45, 7) is 9.30. The minimum absolute atomic E-state index is 0.0414. The number of rotatable bonds is 10. The van der Waals surface area contributed by atoms with Crippen LogP contribution in [-0.2, 0) is 22.6 Å². The van der Waals surface area contributed by atoms with Gasteiger partial charge in [0.05, 0.1) is 6.61 Å². The molecule has 1 saturated heterocycles. The molecule has 1 aromatic carbocycles. The normalized spacial score (nSPS) is 14.3. The van der Waals surface area contributed by atoms with E-state index in [1.807, 2.05) is 25.1 Å². The number of likely N-dealkylation sites (tertiary alicyclic amines) is 1. The van der Waals surface area contributed by atoms with Crippen LogP contribution in [-0.4, -0.2) is 66.2 Å². The maximum atomic E-state index is 13.6. The number of benzene rings is 1. The monoisotopic (exact) mass is 539 g/mol. The van der Waals surface area contributed by atoms with Gasteiger partial charge in [-0.05, 0) is 42.2 Å². The molecule has 0 unspecified atom stereocenters. The fourth-order valence-electron chi connectivity index (χ4n) is 4.77. The molecular formula is C28H34ClN5O4. The predicted molar refractivity (Wildman–Crippen MR) is 149 cm³/mol. The molecule has 1 N–H and O–H groups in total. The molecule has 0 aliphatic carbocycles. The molecule has 2 amide bonds. The lowest BCUT2D eigenvalue weighted by Crippen LogP contribution is -2.56. The minimum Gasteiger partial charge on any atom is -0.383 e. The van der Waals surface area contributed by atoms with Crippen molar-refractivity contribution in [3.63, 3.8) is 0 Å². The molecule has 0 saturated carbocycles. The average molecular weight is 540 g/mol. The summed E-state index contributed by atoms with van der Waals surface area (Å²) in [6.07, 6.45) is 1.63. The second kappa shape index (κ2) is 11.5. The number of likely N-dealkylation sites (N-methyl/N-ethyl adjacent to an activating group) is 1. The zero-order chi connectivity index (χ0) is 27.4. The topological polar surface area (TPSA) is 96.8 Å². The summed E-state index contributed by atoms with van der Waals surface area (Å²) < 4.78 is 6.60. The fourth-order valence-corrected chi connectivity index (χ4v) is 4.89. The molecule has 0 atom stereocenters. The molecule has 4 rings (SSSR count). The quantitative estimate of drug-likeness (QED) is 0.424. The van der Waals surface area contributed by atoms with Gasteiger partial charge in [-0.1, -0.05) is 37.6 Å². The maximum absolute atomic E-state index is 13.6. The third-order valence-corrected chi connectivity index (χ3v) is 7.00. The van der Waals surface area contributed by atoms with Gasteiger partial charge in [-0.2, -0.15) is 0 Å². The number of pyridine rings is 2. The van der Waals surface area contributed by atoms with Gasteiger partial charge in [-0.3, -0.25) is 19.0 Å². The van der Waals surface area contributed by atoms with Gasteiger partial charge in [0, 0.05) is 62.1 Å². The number of ether oxygens (including phenoxy) is 1. The Labute approximate surface area is 227 Å². The smallest absolute Gasteiger partial charge is 0.265 e. The van der Waals surface area contributed by atoms with E-state index in [2.05, 4.69) is 29.0 Å². The third kappa shape index (κ3) is 6.00. The summed E-state index contributed by atoms with van der Waals surface area (Å²) in [6, 6.07) is 10.5. The molecule has 9 nitrogen and oxygen atoms in total. The van der Waals surface area contributed by atoms with Crippen molar-refractivity contribution >= 4 is 40.1 Å². The molecule has 0 bridgehead atoms. The van der Waals surface area contributed by atoms with Crippen molar-refractivity contribution in [2.75, 3.05) is 44.8 Å². The molecule has 1 aliphatic rings. The lowest BCUT2D eigenvalue weighted by molar-refractivity contribution is -0.142. The first-order chi connectivity index (χ1) is 18.1. The Bertz CT molecular complexity index is 1380. The molecule has 10 heteroatoms. The van der Waals surface area contributed by atoms with E-state index in [-0.39, 0.29) is 30.0 Å². The number of carbonyl (C=O) groups excluding carboxylic acids is 2. The lowest BCUT2D eigenvalue weighted by atomic mass is 9.84. The Hall–Kier alpha value is -3.43. The van der Waals surface area contributed by atoms with Gasteiger partial charge in [-0.15, -0.1) is 0 Å². The van der Waals surface area contributed by atoms with E-state index in [9.17, 15) is 14.4 Å². The van der Waals surface area contributed by atoms with Gasteiger partial charge in [0.15, 0.2) is 0 Å². The van der Waals surface area contributed by atoms with Crippen LogP contribution in [0.25, 0.3) is 11.0 Å². The molecule has 0 radical (unpaired) electrons. The SMILES string of the molecule is CCN(CCOC)c1ccnc2c1cc(C(=O)NCc1ccc(Cl)cc1)c(=O)n2CC(=O)N1CC(C)(C)C1. The van der Waals surface area contributed by atoms with Crippen LogP contribution in [0, 0.1) is 5.41 Å². The summed E-state index contributed by atoms with van der Waals surface area (Å²) in [5.41, 5.74) is 1.49. The number of hydrogen-bond donors (Lipinski definition) is 1. The van der Waals surface area contributed by atoms with Crippen molar-refractivity contribution in [3.05, 3.63) is 69.1 Å². The van der Waals surface area contributed by atoms with Gasteiger partial charge in [0.2, 0.25) is 5.91 Å². The van der Waals surface area contributed by atoms with E-state index in [1.165, 1.54) is 4.57 Å². The van der Waals surface area contributed by atoms with E-state index in [4.69, 9.17) is 16.3 Å². The van der Waals surface area contributed by atoms with Gasteiger partial charge in [-0.25, -0.2) is 4.98 Å². The number of nitrogens with zero attached hydrogens (tertiary/aromatic N) is 4. The first-order valence-electron chi connectivity index (χ1n) is 12.7. The van der Waals surface area contributed by atoms with Crippen LogP contribution in [0.4, 0.5) is 5.69 Å². The van der Waals surface area contributed by atoms with Gasteiger partial charge >= 0.3 is 0 Å². The highest BCUT2D eigenvalue weighted by molar-refractivity contribution is 6.30. The fraction of sp³-hybridized carbons (Fsp3) is 0.429. The zero-order valence-corrected chi connectivity index (χ0v) is 23.0. The Balaban J connectivity index is 1.74. The number of nitrogens with one attached hydrogen (secondary N) is 1. The summed E-state index contributed by atoms with van der Waals surface area (Å²) in [7, 11) is 1.64. The highest BCUT2D eigenvalue weighted by Gasteiger charge is 2.37. The summed E-state index contributed by atoms with van der Waals surface area (Å²) in [5, 5.41) is 4.05. The predicted octanol–water partition coefficient (Wildman–Crippen LogP) is 3.32. The van der Waals surface area contributed by atoms with Crippen LogP contribution < -0.4 is 15.8 Å².